The Bertz CT molecular complexity index is 755. The van der Waals surface area contributed by atoms with Crippen LogP contribution < -0.4 is 5.43 Å². The van der Waals surface area contributed by atoms with Crippen LogP contribution in [0, 0.1) is 0 Å². The number of esters is 1. The van der Waals surface area contributed by atoms with Crippen molar-refractivity contribution in [1.29, 1.82) is 0 Å². The third-order valence-corrected chi connectivity index (χ3v) is 5.17. The summed E-state index contributed by atoms with van der Waals surface area (Å²) in [7, 11) is 1.34. The first-order valence-corrected chi connectivity index (χ1v) is 8.62. The van der Waals surface area contributed by atoms with Gasteiger partial charge < -0.3 is 4.74 Å². The highest BCUT2D eigenvalue weighted by molar-refractivity contribution is 7.14. The van der Waals surface area contributed by atoms with E-state index in [9.17, 15) is 9.59 Å². The van der Waals surface area contributed by atoms with E-state index >= 15 is 0 Å². The zero-order valence-electron chi connectivity index (χ0n) is 13.4. The van der Waals surface area contributed by atoms with Crippen molar-refractivity contribution < 1.29 is 14.3 Å². The molecule has 1 aliphatic rings. The Morgan fingerprint density at radius 1 is 1.21 bits per heavy atom. The van der Waals surface area contributed by atoms with Gasteiger partial charge in [-0.15, -0.1) is 11.3 Å². The van der Waals surface area contributed by atoms with Crippen LogP contribution in [0.15, 0.2) is 35.4 Å². The number of rotatable bonds is 4. The van der Waals surface area contributed by atoms with Crippen molar-refractivity contribution in [3.63, 3.8) is 0 Å². The molecule has 1 aromatic carbocycles. The fourth-order valence-electron chi connectivity index (χ4n) is 2.65. The Hall–Kier alpha value is -2.47. The second-order valence-corrected chi connectivity index (χ2v) is 6.72. The molecule has 1 heterocycles. The topological polar surface area (TPSA) is 67.8 Å². The molecule has 1 amide bonds. The molecule has 0 radical (unpaired) electrons. The number of carbonyl (C=O) groups excluding carboxylic acids is 2. The number of amides is 1. The number of benzene rings is 1. The lowest BCUT2D eigenvalue weighted by atomic mass is 9.99. The maximum atomic E-state index is 12.2. The zero-order chi connectivity index (χ0) is 16.9. The number of thiophene rings is 1. The van der Waals surface area contributed by atoms with Crippen molar-refractivity contribution in [1.82, 2.24) is 5.43 Å². The van der Waals surface area contributed by atoms with Gasteiger partial charge >= 0.3 is 5.97 Å². The van der Waals surface area contributed by atoms with Crippen LogP contribution in [0.2, 0.25) is 0 Å². The number of ether oxygens (including phenoxy) is 1. The number of hydrogen-bond acceptors (Lipinski definition) is 5. The highest BCUT2D eigenvalue weighted by atomic mass is 32.1. The summed E-state index contributed by atoms with van der Waals surface area (Å²) in [5.41, 5.74) is 5.12. The molecular formula is C18H18N2O3S. The van der Waals surface area contributed by atoms with Crippen molar-refractivity contribution in [3.8, 4) is 0 Å². The Kier molecular flexibility index (Phi) is 5.05. The number of carbonyl (C=O) groups is 2. The molecule has 0 bridgehead atoms. The second kappa shape index (κ2) is 7.40. The summed E-state index contributed by atoms with van der Waals surface area (Å²) in [6.07, 6.45) is 6.09. The number of fused-ring (bicyclic) bond motifs is 1. The Morgan fingerprint density at radius 2 is 1.96 bits per heavy atom. The quantitative estimate of drug-likeness (QED) is 0.527. The molecule has 2 aromatic rings. The first-order chi connectivity index (χ1) is 11.7. The number of methoxy groups -OCH3 is 1. The van der Waals surface area contributed by atoms with Crippen molar-refractivity contribution in [2.45, 2.75) is 25.7 Å². The summed E-state index contributed by atoms with van der Waals surface area (Å²) in [5.74, 6) is -0.565. The summed E-state index contributed by atoms with van der Waals surface area (Å²) in [6.45, 7) is 0. The summed E-state index contributed by atoms with van der Waals surface area (Å²) < 4.78 is 4.64. The van der Waals surface area contributed by atoms with Crippen LogP contribution in [-0.4, -0.2) is 25.2 Å². The maximum Gasteiger partial charge on any atom is 0.337 e. The number of hydrogen-bond donors (Lipinski definition) is 1. The Labute approximate surface area is 144 Å². The SMILES string of the molecule is COC(=O)c1ccc(/C=N/NC(=O)c2cc3c(s2)CCCC3)cc1. The molecule has 0 atom stereocenters. The molecule has 1 aromatic heterocycles. The van der Waals surface area contributed by atoms with Crippen molar-refractivity contribution >= 4 is 29.4 Å². The third kappa shape index (κ3) is 3.71. The van der Waals surface area contributed by atoms with Gasteiger partial charge in [-0.2, -0.15) is 5.10 Å². The van der Waals surface area contributed by atoms with Crippen molar-refractivity contribution in [2.75, 3.05) is 7.11 Å². The predicted octanol–water partition coefficient (Wildman–Crippen LogP) is 3.18. The first-order valence-electron chi connectivity index (χ1n) is 7.81. The van der Waals surface area contributed by atoms with E-state index in [1.807, 2.05) is 6.07 Å². The minimum Gasteiger partial charge on any atom is -0.465 e. The molecule has 0 saturated carbocycles. The van der Waals surface area contributed by atoms with Gasteiger partial charge in [0.25, 0.3) is 5.91 Å². The lowest BCUT2D eigenvalue weighted by Gasteiger charge is -2.08. The normalized spacial score (nSPS) is 13.5. The van der Waals surface area contributed by atoms with E-state index in [-0.39, 0.29) is 11.9 Å². The number of aryl methyl sites for hydroxylation is 2. The number of nitrogens with zero attached hydrogens (tertiary/aromatic N) is 1. The third-order valence-electron chi connectivity index (χ3n) is 3.93. The molecule has 124 valence electrons. The van der Waals surface area contributed by atoms with Crippen LogP contribution in [-0.2, 0) is 17.6 Å². The van der Waals surface area contributed by atoms with Crippen molar-refractivity contribution in [2.24, 2.45) is 5.10 Å². The van der Waals surface area contributed by atoms with E-state index in [1.165, 1.54) is 30.4 Å². The molecule has 24 heavy (non-hydrogen) atoms. The van der Waals surface area contributed by atoms with E-state index in [0.29, 0.717) is 10.4 Å². The summed E-state index contributed by atoms with van der Waals surface area (Å²) >= 11 is 1.56. The fraction of sp³-hybridized carbons (Fsp3) is 0.278. The second-order valence-electron chi connectivity index (χ2n) is 5.58. The average Bonchev–Trinajstić information content (AvgIpc) is 3.06. The summed E-state index contributed by atoms with van der Waals surface area (Å²) in [4.78, 5) is 25.6. The minimum atomic E-state index is -0.381. The molecule has 3 rings (SSSR count). The van der Waals surface area contributed by atoms with Crippen LogP contribution in [0.1, 0.15) is 48.9 Å². The molecule has 0 fully saturated rings. The van der Waals surface area contributed by atoms with Gasteiger partial charge in [0.05, 0.1) is 23.8 Å². The molecule has 0 saturated heterocycles. The molecular weight excluding hydrogens is 324 g/mol. The van der Waals surface area contributed by atoms with Gasteiger partial charge in [0, 0.05) is 4.88 Å². The van der Waals surface area contributed by atoms with Gasteiger partial charge in [-0.05, 0) is 55.0 Å². The highest BCUT2D eigenvalue weighted by Gasteiger charge is 2.16. The maximum absolute atomic E-state index is 12.2. The van der Waals surface area contributed by atoms with E-state index in [1.54, 1.807) is 41.8 Å². The van der Waals surface area contributed by atoms with Gasteiger partial charge in [0.1, 0.15) is 0 Å². The highest BCUT2D eigenvalue weighted by Crippen LogP contribution is 2.29. The van der Waals surface area contributed by atoms with Crippen LogP contribution in [0.25, 0.3) is 0 Å². The van der Waals surface area contributed by atoms with E-state index in [4.69, 9.17) is 0 Å². The smallest absolute Gasteiger partial charge is 0.337 e. The Balaban J connectivity index is 1.60. The number of nitrogens with one attached hydrogen (secondary N) is 1. The van der Waals surface area contributed by atoms with E-state index in [0.717, 1.165) is 18.4 Å². The fourth-order valence-corrected chi connectivity index (χ4v) is 3.79. The van der Waals surface area contributed by atoms with Gasteiger partial charge in [0.2, 0.25) is 0 Å². The predicted molar refractivity (Wildman–Crippen MR) is 93.8 cm³/mol. The Morgan fingerprint density at radius 3 is 2.67 bits per heavy atom. The van der Waals surface area contributed by atoms with Crippen molar-refractivity contribution in [3.05, 3.63) is 56.8 Å². The lowest BCUT2D eigenvalue weighted by molar-refractivity contribution is 0.0600. The first kappa shape index (κ1) is 16.4. The van der Waals surface area contributed by atoms with Crippen LogP contribution in [0.3, 0.4) is 0 Å². The molecule has 0 unspecified atom stereocenters. The van der Waals surface area contributed by atoms with Crippen LogP contribution in [0.5, 0.6) is 0 Å². The van der Waals surface area contributed by atoms with Gasteiger partial charge in [-0.25, -0.2) is 10.2 Å². The summed E-state index contributed by atoms with van der Waals surface area (Å²) in [5, 5.41) is 3.98. The number of hydrazone groups is 1. The van der Waals surface area contributed by atoms with Gasteiger partial charge in [-0.1, -0.05) is 12.1 Å². The average molecular weight is 342 g/mol. The lowest BCUT2D eigenvalue weighted by Crippen LogP contribution is -2.16. The van der Waals surface area contributed by atoms with Crippen LogP contribution in [0.4, 0.5) is 0 Å². The molecule has 1 aliphatic carbocycles. The molecule has 6 heteroatoms. The molecule has 5 nitrogen and oxygen atoms in total. The standard InChI is InChI=1S/C18H18N2O3S/c1-23-18(22)13-8-6-12(7-9-13)11-19-20-17(21)16-10-14-4-2-3-5-15(14)24-16/h6-11H,2-5H2,1H3,(H,20,21)/b19-11+. The molecule has 0 spiro atoms. The largest absolute Gasteiger partial charge is 0.465 e. The van der Waals surface area contributed by atoms with Crippen LogP contribution >= 0.6 is 11.3 Å². The molecule has 1 N–H and O–H groups in total. The van der Waals surface area contributed by atoms with Gasteiger partial charge in [-0.3, -0.25) is 4.79 Å². The van der Waals surface area contributed by atoms with E-state index < -0.39 is 0 Å². The van der Waals surface area contributed by atoms with Gasteiger partial charge in [0.15, 0.2) is 0 Å². The van der Waals surface area contributed by atoms with E-state index in [2.05, 4.69) is 15.3 Å². The summed E-state index contributed by atoms with van der Waals surface area (Å²) in [6, 6.07) is 8.78. The monoisotopic (exact) mass is 342 g/mol. The zero-order valence-corrected chi connectivity index (χ0v) is 14.2. The minimum absolute atomic E-state index is 0.183. The molecule has 0 aliphatic heterocycles.